The van der Waals surface area contributed by atoms with Crippen molar-refractivity contribution >= 4 is 17.6 Å². The molecule has 0 aromatic carbocycles. The van der Waals surface area contributed by atoms with Crippen molar-refractivity contribution in [2.24, 2.45) is 0 Å². The number of nitrogens with one attached hydrogen (secondary N) is 1. The van der Waals surface area contributed by atoms with Crippen LogP contribution in [0.15, 0.2) is 16.9 Å². The summed E-state index contributed by atoms with van der Waals surface area (Å²) < 4.78 is 40.4. The van der Waals surface area contributed by atoms with Crippen LogP contribution in [-0.4, -0.2) is 29.6 Å². The average Bonchev–Trinajstić information content (AvgIpc) is 2.37. The molecule has 21 heavy (non-hydrogen) atoms. The summed E-state index contributed by atoms with van der Waals surface area (Å²) in [5.74, 6) is -3.33. The number of rotatable bonds is 2. The summed E-state index contributed by atoms with van der Waals surface area (Å²) in [7, 11) is 0. The van der Waals surface area contributed by atoms with E-state index in [4.69, 9.17) is 0 Å². The third kappa shape index (κ3) is 3.61. The lowest BCUT2D eigenvalue weighted by Gasteiger charge is -2.26. The van der Waals surface area contributed by atoms with E-state index in [1.54, 1.807) is 0 Å². The second-order valence-electron chi connectivity index (χ2n) is 4.46. The van der Waals surface area contributed by atoms with Crippen LogP contribution in [0.3, 0.4) is 0 Å². The number of aromatic nitrogens is 1. The Morgan fingerprint density at radius 2 is 1.95 bits per heavy atom. The molecular weight excluding hydrogens is 293 g/mol. The average molecular weight is 304 g/mol. The Balaban J connectivity index is 2.27. The largest absolute Gasteiger partial charge is 0.491 e. The van der Waals surface area contributed by atoms with Gasteiger partial charge in [-0.3, -0.25) is 14.6 Å². The summed E-state index contributed by atoms with van der Waals surface area (Å²) in [6.45, 7) is 0.356. The number of halogens is 3. The summed E-state index contributed by atoms with van der Waals surface area (Å²) in [5, 5.41) is 0. The molecule has 0 radical (unpaired) electrons. The molecule has 0 atom stereocenters. The van der Waals surface area contributed by atoms with Crippen LogP contribution in [0, 0.1) is 0 Å². The summed E-state index contributed by atoms with van der Waals surface area (Å²) in [6.07, 6.45) is -3.44. The van der Waals surface area contributed by atoms with Crippen LogP contribution in [0.4, 0.5) is 18.9 Å². The molecule has 0 bridgehead atoms. The zero-order valence-electron chi connectivity index (χ0n) is 10.7. The van der Waals surface area contributed by atoms with Crippen LogP contribution in [0.1, 0.15) is 19.3 Å². The van der Waals surface area contributed by atoms with E-state index in [2.05, 4.69) is 4.74 Å². The number of pyridine rings is 1. The predicted octanol–water partition coefficient (Wildman–Crippen LogP) is 1.36. The highest BCUT2D eigenvalue weighted by atomic mass is 19.4. The quantitative estimate of drug-likeness (QED) is 0.837. The standard InChI is InChI=1S/C12H11F3N2O4/c13-12(14,15)11(20)21-9-6-7(5-8(18)16-9)17-4-2-1-3-10(17)19/h5-6H,1-4H2,(H,16,18). The van der Waals surface area contributed by atoms with E-state index >= 15 is 0 Å². The van der Waals surface area contributed by atoms with Gasteiger partial charge in [0, 0.05) is 25.1 Å². The fourth-order valence-electron chi connectivity index (χ4n) is 1.95. The van der Waals surface area contributed by atoms with E-state index in [0.29, 0.717) is 19.4 Å². The second kappa shape index (κ2) is 5.58. The maximum atomic E-state index is 12.1. The number of ether oxygens (including phenoxy) is 1. The Hall–Kier alpha value is -2.32. The molecule has 0 unspecified atom stereocenters. The molecule has 0 aliphatic carbocycles. The lowest BCUT2D eigenvalue weighted by Crippen LogP contribution is -2.36. The molecule has 1 N–H and O–H groups in total. The van der Waals surface area contributed by atoms with Crippen molar-refractivity contribution in [3.63, 3.8) is 0 Å². The summed E-state index contributed by atoms with van der Waals surface area (Å²) >= 11 is 0. The molecule has 6 nitrogen and oxygen atoms in total. The zero-order valence-corrected chi connectivity index (χ0v) is 10.7. The van der Waals surface area contributed by atoms with Gasteiger partial charge < -0.3 is 9.64 Å². The number of amides is 1. The molecule has 1 aromatic rings. The number of H-pyrrole nitrogens is 1. The molecule has 1 aliphatic heterocycles. The fourth-order valence-corrected chi connectivity index (χ4v) is 1.95. The van der Waals surface area contributed by atoms with Crippen molar-refractivity contribution in [3.05, 3.63) is 22.5 Å². The zero-order chi connectivity index (χ0) is 15.6. The molecule has 1 saturated heterocycles. The number of piperidine rings is 1. The van der Waals surface area contributed by atoms with Crippen molar-refractivity contribution in [2.75, 3.05) is 11.4 Å². The monoisotopic (exact) mass is 304 g/mol. The molecule has 1 aromatic heterocycles. The van der Waals surface area contributed by atoms with Gasteiger partial charge in [0.15, 0.2) is 0 Å². The SMILES string of the molecule is O=C1CCCCN1c1cc(OC(=O)C(F)(F)F)[nH]c(=O)c1. The van der Waals surface area contributed by atoms with Crippen LogP contribution < -0.4 is 15.2 Å². The number of aromatic amines is 1. The molecule has 2 heterocycles. The van der Waals surface area contributed by atoms with Gasteiger partial charge in [-0.05, 0) is 12.8 Å². The van der Waals surface area contributed by atoms with Crippen molar-refractivity contribution in [1.29, 1.82) is 0 Å². The lowest BCUT2D eigenvalue weighted by molar-refractivity contribution is -0.190. The first-order chi connectivity index (χ1) is 9.77. The van der Waals surface area contributed by atoms with Crippen LogP contribution in [0.5, 0.6) is 5.88 Å². The maximum absolute atomic E-state index is 12.1. The first-order valence-electron chi connectivity index (χ1n) is 6.11. The smallest absolute Gasteiger partial charge is 0.403 e. The minimum Gasteiger partial charge on any atom is -0.403 e. The molecule has 1 fully saturated rings. The number of anilines is 1. The molecular formula is C12H11F3N2O4. The number of alkyl halides is 3. The number of hydrogen-bond donors (Lipinski definition) is 1. The van der Waals surface area contributed by atoms with Gasteiger partial charge in [-0.15, -0.1) is 0 Å². The van der Waals surface area contributed by atoms with Gasteiger partial charge in [0.25, 0.3) is 5.56 Å². The van der Waals surface area contributed by atoms with E-state index in [1.807, 2.05) is 4.98 Å². The molecule has 9 heteroatoms. The highest BCUT2D eigenvalue weighted by Gasteiger charge is 2.41. The predicted molar refractivity (Wildman–Crippen MR) is 65.0 cm³/mol. The summed E-state index contributed by atoms with van der Waals surface area (Å²) in [4.78, 5) is 37.1. The number of nitrogens with zero attached hydrogens (tertiary/aromatic N) is 1. The van der Waals surface area contributed by atoms with Gasteiger partial charge in [-0.25, -0.2) is 4.79 Å². The molecule has 0 saturated carbocycles. The van der Waals surface area contributed by atoms with E-state index < -0.39 is 23.6 Å². The third-order valence-electron chi connectivity index (χ3n) is 2.87. The van der Waals surface area contributed by atoms with Gasteiger partial charge in [0.05, 0.1) is 5.69 Å². The highest BCUT2D eigenvalue weighted by Crippen LogP contribution is 2.24. The molecule has 114 valence electrons. The Labute approximate surface area is 116 Å². The molecule has 1 amide bonds. The minimum absolute atomic E-state index is 0.105. The van der Waals surface area contributed by atoms with Crippen LogP contribution >= 0.6 is 0 Å². The molecule has 2 rings (SSSR count). The Morgan fingerprint density at radius 3 is 2.57 bits per heavy atom. The number of hydrogen-bond acceptors (Lipinski definition) is 4. The lowest BCUT2D eigenvalue weighted by atomic mass is 10.1. The topological polar surface area (TPSA) is 79.5 Å². The second-order valence-corrected chi connectivity index (χ2v) is 4.46. The van der Waals surface area contributed by atoms with Gasteiger partial charge in [-0.1, -0.05) is 0 Å². The highest BCUT2D eigenvalue weighted by molar-refractivity contribution is 5.94. The van der Waals surface area contributed by atoms with Crippen LogP contribution in [0.25, 0.3) is 0 Å². The van der Waals surface area contributed by atoms with E-state index in [0.717, 1.165) is 18.6 Å². The Bertz CT molecular complexity index is 624. The van der Waals surface area contributed by atoms with Crippen LogP contribution in [-0.2, 0) is 9.59 Å². The fraction of sp³-hybridized carbons (Fsp3) is 0.417. The van der Waals surface area contributed by atoms with Crippen molar-refractivity contribution in [3.8, 4) is 5.88 Å². The number of carbonyl (C=O) groups excluding carboxylic acids is 2. The van der Waals surface area contributed by atoms with Gasteiger partial charge >= 0.3 is 12.1 Å². The third-order valence-corrected chi connectivity index (χ3v) is 2.87. The van der Waals surface area contributed by atoms with Gasteiger partial charge in [0.1, 0.15) is 0 Å². The minimum atomic E-state index is -5.17. The van der Waals surface area contributed by atoms with Crippen LogP contribution in [0.2, 0.25) is 0 Å². The van der Waals surface area contributed by atoms with Gasteiger partial charge in [-0.2, -0.15) is 13.2 Å². The van der Waals surface area contributed by atoms with E-state index in [9.17, 15) is 27.6 Å². The normalized spacial score (nSPS) is 16.0. The first-order valence-corrected chi connectivity index (χ1v) is 6.11. The Kier molecular flexibility index (Phi) is 4.01. The molecule has 0 spiro atoms. The van der Waals surface area contributed by atoms with E-state index in [-0.39, 0.29) is 11.6 Å². The van der Waals surface area contributed by atoms with Gasteiger partial charge in [0.2, 0.25) is 11.8 Å². The molecule has 1 aliphatic rings. The van der Waals surface area contributed by atoms with E-state index in [1.165, 1.54) is 4.90 Å². The number of esters is 1. The number of carbonyl (C=O) groups is 2. The van der Waals surface area contributed by atoms with Crippen molar-refractivity contribution in [1.82, 2.24) is 4.98 Å². The van der Waals surface area contributed by atoms with Crippen molar-refractivity contribution in [2.45, 2.75) is 25.4 Å². The first kappa shape index (κ1) is 15.1. The Morgan fingerprint density at radius 1 is 1.24 bits per heavy atom. The summed E-state index contributed by atoms with van der Waals surface area (Å²) in [5.41, 5.74) is -0.663. The maximum Gasteiger partial charge on any atom is 0.491 e. The van der Waals surface area contributed by atoms with Crippen molar-refractivity contribution < 1.29 is 27.5 Å². The summed E-state index contributed by atoms with van der Waals surface area (Å²) in [6, 6.07) is 2.09.